The molecule has 3 aliphatic rings. The monoisotopic (exact) mass is 454 g/mol. The molecule has 2 aliphatic heterocycles. The van der Waals surface area contributed by atoms with Gasteiger partial charge in [-0.05, 0) is 68.7 Å². The number of cyclic esters (lactones) is 1. The first-order valence-electron chi connectivity index (χ1n) is 11.2. The second-order valence-corrected chi connectivity index (χ2v) is 9.13. The molecule has 0 aromatic carbocycles. The van der Waals surface area contributed by atoms with E-state index in [-0.39, 0.29) is 29.9 Å². The van der Waals surface area contributed by atoms with E-state index >= 15 is 0 Å². The molecule has 2 fully saturated rings. The van der Waals surface area contributed by atoms with E-state index in [1.165, 1.54) is 11.1 Å². The molecule has 4 rings (SSSR count). The van der Waals surface area contributed by atoms with Crippen molar-refractivity contribution in [3.8, 4) is 0 Å². The van der Waals surface area contributed by atoms with Crippen LogP contribution < -0.4 is 5.01 Å². The average molecular weight is 455 g/mol. The quantitative estimate of drug-likeness (QED) is 0.269. The fourth-order valence-electron chi connectivity index (χ4n) is 5.26. The van der Waals surface area contributed by atoms with Crippen LogP contribution >= 0.6 is 0 Å². The molecule has 1 saturated carbocycles. The largest absolute Gasteiger partial charge is 0.456 e. The number of amides is 1. The highest BCUT2D eigenvalue weighted by atomic mass is 16.5. The molecular weight excluding hydrogens is 424 g/mol. The third-order valence-electron chi connectivity index (χ3n) is 6.98. The SMILES string of the molecule is C=N/N=N\N(C)c1ccc(CN(C)[C@H]2CC[C@]3(CC2)C[C@H](C)N(C2=CC(=O)OC2)C3=O)nn1. The van der Waals surface area contributed by atoms with Gasteiger partial charge >= 0.3 is 5.97 Å². The Morgan fingerprint density at radius 3 is 2.61 bits per heavy atom. The van der Waals surface area contributed by atoms with Gasteiger partial charge in [0.25, 0.3) is 0 Å². The smallest absolute Gasteiger partial charge is 0.333 e. The Morgan fingerprint density at radius 2 is 2.00 bits per heavy atom. The van der Waals surface area contributed by atoms with E-state index in [0.29, 0.717) is 24.1 Å². The van der Waals surface area contributed by atoms with Gasteiger partial charge in [-0.15, -0.1) is 10.2 Å². The topological polar surface area (TPSA) is 116 Å². The number of aromatic nitrogens is 2. The van der Waals surface area contributed by atoms with Gasteiger partial charge in [0.05, 0.1) is 16.8 Å². The van der Waals surface area contributed by atoms with Gasteiger partial charge in [-0.25, -0.2) is 9.80 Å². The van der Waals surface area contributed by atoms with Crippen LogP contribution in [0.15, 0.2) is 39.5 Å². The highest BCUT2D eigenvalue weighted by Gasteiger charge is 2.53. The minimum Gasteiger partial charge on any atom is -0.456 e. The summed E-state index contributed by atoms with van der Waals surface area (Å²) in [5, 5.41) is 20.6. The molecule has 1 aromatic rings. The van der Waals surface area contributed by atoms with Gasteiger partial charge < -0.3 is 9.64 Å². The Labute approximate surface area is 193 Å². The van der Waals surface area contributed by atoms with Gasteiger partial charge in [0.1, 0.15) is 6.61 Å². The second-order valence-electron chi connectivity index (χ2n) is 9.13. The molecule has 0 unspecified atom stereocenters. The van der Waals surface area contributed by atoms with Crippen molar-refractivity contribution in [2.75, 3.05) is 25.7 Å². The molecule has 1 aliphatic carbocycles. The summed E-state index contributed by atoms with van der Waals surface area (Å²) in [7, 11) is 3.80. The average Bonchev–Trinajstić information content (AvgIpc) is 3.33. The molecule has 176 valence electrons. The van der Waals surface area contributed by atoms with Crippen LogP contribution in [-0.2, 0) is 20.9 Å². The summed E-state index contributed by atoms with van der Waals surface area (Å²) >= 11 is 0. The van der Waals surface area contributed by atoms with E-state index in [9.17, 15) is 9.59 Å². The third-order valence-corrected chi connectivity index (χ3v) is 6.98. The minimum atomic E-state index is -0.364. The lowest BCUT2D eigenvalue weighted by Crippen LogP contribution is -2.42. The molecule has 33 heavy (non-hydrogen) atoms. The summed E-state index contributed by atoms with van der Waals surface area (Å²) in [5.41, 5.74) is 1.23. The highest BCUT2D eigenvalue weighted by Crippen LogP contribution is 2.49. The van der Waals surface area contributed by atoms with Crippen LogP contribution in [0, 0.1) is 5.41 Å². The molecule has 0 bridgehead atoms. The van der Waals surface area contributed by atoms with Gasteiger partial charge in [-0.3, -0.25) is 9.69 Å². The number of anilines is 1. The van der Waals surface area contributed by atoms with Gasteiger partial charge in [-0.2, -0.15) is 5.10 Å². The van der Waals surface area contributed by atoms with E-state index in [2.05, 4.69) is 51.3 Å². The molecule has 1 spiro atoms. The molecule has 1 saturated heterocycles. The fraction of sp³-hybridized carbons (Fsp3) is 0.591. The number of hydrogen-bond donors (Lipinski definition) is 0. The standard InChI is InChI=1S/C22H30N8O3/c1-15-12-22(21(32)30(15)18-11-20(31)33-14-18)9-7-17(8-10-22)28(3)13-16-5-6-19(25-24-16)29(4)27-26-23-2/h5-6,11,15,17H,2,7-10,12-14H2,1,3-4H3/b27-26-/t15-,17-,22-/m0/s1. The lowest BCUT2D eigenvalue weighted by molar-refractivity contribution is -0.138. The third kappa shape index (κ3) is 4.63. The Hall–Kier alpha value is -3.21. The predicted molar refractivity (Wildman–Crippen MR) is 121 cm³/mol. The van der Waals surface area contributed by atoms with E-state index in [1.54, 1.807) is 11.9 Å². The van der Waals surface area contributed by atoms with E-state index in [1.807, 2.05) is 12.1 Å². The Bertz CT molecular complexity index is 968. The zero-order chi connectivity index (χ0) is 23.6. The van der Waals surface area contributed by atoms with Crippen LogP contribution in [0.25, 0.3) is 0 Å². The summed E-state index contributed by atoms with van der Waals surface area (Å²) in [6.45, 7) is 6.18. The van der Waals surface area contributed by atoms with Crippen LogP contribution in [0.3, 0.4) is 0 Å². The van der Waals surface area contributed by atoms with Crippen molar-refractivity contribution < 1.29 is 14.3 Å². The maximum atomic E-state index is 13.4. The molecule has 1 amide bonds. The first-order valence-corrected chi connectivity index (χ1v) is 11.2. The summed E-state index contributed by atoms with van der Waals surface area (Å²) < 4.78 is 5.03. The van der Waals surface area contributed by atoms with Crippen molar-refractivity contribution in [2.24, 2.45) is 21.0 Å². The van der Waals surface area contributed by atoms with Crippen molar-refractivity contribution in [2.45, 2.75) is 57.7 Å². The number of rotatable bonds is 7. The first kappa shape index (κ1) is 23.0. The van der Waals surface area contributed by atoms with Crippen LogP contribution in [0.4, 0.5) is 5.82 Å². The zero-order valence-electron chi connectivity index (χ0n) is 19.3. The normalized spacial score (nSPS) is 27.5. The van der Waals surface area contributed by atoms with E-state index < -0.39 is 0 Å². The van der Waals surface area contributed by atoms with Crippen molar-refractivity contribution in [3.05, 3.63) is 29.6 Å². The molecule has 1 atom stereocenters. The second kappa shape index (κ2) is 9.34. The van der Waals surface area contributed by atoms with E-state index in [0.717, 1.165) is 37.8 Å². The first-order chi connectivity index (χ1) is 15.8. The molecule has 3 heterocycles. The number of carbonyl (C=O) groups is 2. The van der Waals surface area contributed by atoms with Crippen LogP contribution in [0.2, 0.25) is 0 Å². The maximum Gasteiger partial charge on any atom is 0.333 e. The molecule has 11 heteroatoms. The Kier molecular flexibility index (Phi) is 6.50. The van der Waals surface area contributed by atoms with Gasteiger partial charge in [0, 0.05) is 38.5 Å². The number of likely N-dealkylation sites (tertiary alicyclic amines) is 1. The number of ether oxygens (including phenoxy) is 1. The van der Waals surface area contributed by atoms with Crippen LogP contribution in [0.5, 0.6) is 0 Å². The summed E-state index contributed by atoms with van der Waals surface area (Å²) in [6.07, 6.45) is 5.87. The number of carbonyl (C=O) groups excluding carboxylic acids is 2. The van der Waals surface area contributed by atoms with Gasteiger partial charge in [-0.1, -0.05) is 0 Å². The van der Waals surface area contributed by atoms with Gasteiger partial charge in [0.2, 0.25) is 5.91 Å². The molecule has 11 nitrogen and oxygen atoms in total. The molecule has 0 radical (unpaired) electrons. The van der Waals surface area contributed by atoms with Crippen LogP contribution in [0.1, 0.15) is 44.7 Å². The fourth-order valence-corrected chi connectivity index (χ4v) is 5.26. The van der Waals surface area contributed by atoms with Gasteiger partial charge in [0.15, 0.2) is 5.82 Å². The molecular formula is C22H30N8O3. The van der Waals surface area contributed by atoms with Crippen molar-refractivity contribution >= 4 is 24.4 Å². The summed E-state index contributed by atoms with van der Waals surface area (Å²) in [4.78, 5) is 28.9. The zero-order valence-corrected chi connectivity index (χ0v) is 19.3. The minimum absolute atomic E-state index is 0.0845. The summed E-state index contributed by atoms with van der Waals surface area (Å²) in [5.74, 6) is 0.351. The van der Waals surface area contributed by atoms with Crippen LogP contribution in [-0.4, -0.2) is 71.4 Å². The Morgan fingerprint density at radius 1 is 1.24 bits per heavy atom. The highest BCUT2D eigenvalue weighted by molar-refractivity contribution is 5.91. The maximum absolute atomic E-state index is 13.4. The lowest BCUT2D eigenvalue weighted by atomic mass is 9.70. The molecule has 0 N–H and O–H groups in total. The number of hydrogen-bond acceptors (Lipinski definition) is 8. The van der Waals surface area contributed by atoms with Crippen molar-refractivity contribution in [3.63, 3.8) is 0 Å². The van der Waals surface area contributed by atoms with E-state index in [4.69, 9.17) is 4.74 Å². The number of esters is 1. The number of nitrogens with zero attached hydrogens (tertiary/aromatic N) is 8. The summed E-state index contributed by atoms with van der Waals surface area (Å²) in [6, 6.07) is 4.23. The lowest BCUT2D eigenvalue weighted by Gasteiger charge is -2.39. The Balaban J connectivity index is 1.34. The predicted octanol–water partition coefficient (Wildman–Crippen LogP) is 2.32. The van der Waals surface area contributed by atoms with Crippen molar-refractivity contribution in [1.82, 2.24) is 20.0 Å². The van der Waals surface area contributed by atoms with Crippen molar-refractivity contribution in [1.29, 1.82) is 0 Å². The molecule has 1 aromatic heterocycles.